The minimum absolute atomic E-state index is 0.427. The number of nitrogens with one attached hydrogen (secondary N) is 1. The van der Waals surface area contributed by atoms with Crippen LogP contribution in [0.15, 0.2) is 23.2 Å². The van der Waals surface area contributed by atoms with E-state index in [1.165, 1.54) is 36.8 Å². The second-order valence-corrected chi connectivity index (χ2v) is 6.30. The van der Waals surface area contributed by atoms with Gasteiger partial charge in [-0.25, -0.2) is 4.99 Å². The summed E-state index contributed by atoms with van der Waals surface area (Å²) in [5.74, 6) is 2.40. The highest BCUT2D eigenvalue weighted by molar-refractivity contribution is 5.92. The Hall–Kier alpha value is -2.37. The maximum absolute atomic E-state index is 6.03. The Labute approximate surface area is 135 Å². The number of aliphatic imine (C=N–C) groups is 1. The number of hydrogen-bond acceptors (Lipinski definition) is 3. The summed E-state index contributed by atoms with van der Waals surface area (Å²) in [7, 11) is 0. The molecule has 2 aromatic rings. The van der Waals surface area contributed by atoms with Crippen LogP contribution in [0.3, 0.4) is 0 Å². The van der Waals surface area contributed by atoms with E-state index in [1.807, 2.05) is 0 Å². The SMILES string of the molecule is NC(=NCc1nnc2n1CCCC2)Nc1ccc2c(c1)CCC2. The van der Waals surface area contributed by atoms with Gasteiger partial charge in [-0.05, 0) is 55.4 Å². The first kappa shape index (κ1) is 14.2. The predicted molar refractivity (Wildman–Crippen MR) is 90.4 cm³/mol. The fourth-order valence-corrected chi connectivity index (χ4v) is 3.48. The van der Waals surface area contributed by atoms with Crippen molar-refractivity contribution in [1.29, 1.82) is 0 Å². The number of nitrogens with zero attached hydrogens (tertiary/aromatic N) is 4. The molecule has 0 spiro atoms. The molecule has 0 fully saturated rings. The number of nitrogens with two attached hydrogens (primary N) is 1. The van der Waals surface area contributed by atoms with Crippen LogP contribution in [0.2, 0.25) is 0 Å². The van der Waals surface area contributed by atoms with Crippen molar-refractivity contribution in [2.75, 3.05) is 5.32 Å². The van der Waals surface area contributed by atoms with Gasteiger partial charge in [0.1, 0.15) is 12.4 Å². The first-order chi connectivity index (χ1) is 11.3. The Balaban J connectivity index is 1.43. The minimum Gasteiger partial charge on any atom is -0.370 e. The van der Waals surface area contributed by atoms with Gasteiger partial charge in [0.15, 0.2) is 11.8 Å². The summed E-state index contributed by atoms with van der Waals surface area (Å²) in [6.07, 6.45) is 7.00. The van der Waals surface area contributed by atoms with Crippen molar-refractivity contribution in [3.8, 4) is 0 Å². The lowest BCUT2D eigenvalue weighted by atomic mass is 10.1. The van der Waals surface area contributed by atoms with E-state index in [-0.39, 0.29) is 0 Å². The van der Waals surface area contributed by atoms with Gasteiger partial charge in [-0.2, -0.15) is 0 Å². The summed E-state index contributed by atoms with van der Waals surface area (Å²) in [4.78, 5) is 4.42. The molecule has 1 aromatic carbocycles. The standard InChI is InChI=1S/C17H22N6/c18-17(20-14-8-7-12-4-3-5-13(12)10-14)19-11-16-22-21-15-6-1-2-9-23(15)16/h7-8,10H,1-6,9,11H2,(H3,18,19,20). The Kier molecular flexibility index (Phi) is 3.73. The van der Waals surface area contributed by atoms with E-state index in [2.05, 4.69) is 43.3 Å². The van der Waals surface area contributed by atoms with Crippen LogP contribution in [0.25, 0.3) is 0 Å². The monoisotopic (exact) mass is 310 g/mol. The second-order valence-electron chi connectivity index (χ2n) is 6.30. The summed E-state index contributed by atoms with van der Waals surface area (Å²) >= 11 is 0. The fraction of sp³-hybridized carbons (Fsp3) is 0.471. The van der Waals surface area contributed by atoms with E-state index in [0.29, 0.717) is 12.5 Å². The second kappa shape index (κ2) is 6.02. The van der Waals surface area contributed by atoms with Gasteiger partial charge >= 0.3 is 0 Å². The van der Waals surface area contributed by atoms with Gasteiger partial charge in [-0.15, -0.1) is 10.2 Å². The maximum Gasteiger partial charge on any atom is 0.193 e. The van der Waals surface area contributed by atoms with Crippen LogP contribution in [0, 0.1) is 0 Å². The average Bonchev–Trinajstić information content (AvgIpc) is 3.19. The highest BCUT2D eigenvalue weighted by atomic mass is 15.3. The quantitative estimate of drug-likeness (QED) is 0.671. The highest BCUT2D eigenvalue weighted by Gasteiger charge is 2.15. The van der Waals surface area contributed by atoms with Crippen LogP contribution >= 0.6 is 0 Å². The summed E-state index contributed by atoms with van der Waals surface area (Å²) < 4.78 is 2.18. The molecular formula is C17H22N6. The van der Waals surface area contributed by atoms with E-state index in [1.54, 1.807) is 0 Å². The molecule has 1 aliphatic carbocycles. The average molecular weight is 310 g/mol. The van der Waals surface area contributed by atoms with Gasteiger partial charge in [-0.1, -0.05) is 6.07 Å². The first-order valence-corrected chi connectivity index (χ1v) is 8.39. The molecule has 0 bridgehead atoms. The van der Waals surface area contributed by atoms with Crippen molar-refractivity contribution in [3.63, 3.8) is 0 Å². The van der Waals surface area contributed by atoms with E-state index >= 15 is 0 Å². The number of rotatable bonds is 3. The zero-order chi connectivity index (χ0) is 15.6. The topological polar surface area (TPSA) is 81.1 Å². The largest absolute Gasteiger partial charge is 0.370 e. The third-order valence-electron chi connectivity index (χ3n) is 4.70. The number of anilines is 1. The summed E-state index contributed by atoms with van der Waals surface area (Å²) in [5, 5.41) is 11.7. The lowest BCUT2D eigenvalue weighted by molar-refractivity contribution is 0.508. The molecule has 3 N–H and O–H groups in total. The summed E-state index contributed by atoms with van der Waals surface area (Å²) in [6, 6.07) is 6.45. The molecule has 23 heavy (non-hydrogen) atoms. The lowest BCUT2D eigenvalue weighted by Gasteiger charge is -2.14. The zero-order valence-electron chi connectivity index (χ0n) is 13.3. The Morgan fingerprint density at radius 3 is 3.00 bits per heavy atom. The maximum atomic E-state index is 6.03. The van der Waals surface area contributed by atoms with Crippen molar-refractivity contribution < 1.29 is 0 Å². The number of guanidine groups is 1. The lowest BCUT2D eigenvalue weighted by Crippen LogP contribution is -2.23. The van der Waals surface area contributed by atoms with Crippen LogP contribution in [0.1, 0.15) is 42.0 Å². The molecule has 6 nitrogen and oxygen atoms in total. The predicted octanol–water partition coefficient (Wildman–Crippen LogP) is 2.03. The molecule has 6 heteroatoms. The zero-order valence-corrected chi connectivity index (χ0v) is 13.3. The van der Waals surface area contributed by atoms with Crippen molar-refractivity contribution >= 4 is 11.6 Å². The van der Waals surface area contributed by atoms with Gasteiger partial charge in [0.25, 0.3) is 0 Å². The molecule has 1 aromatic heterocycles. The molecule has 4 rings (SSSR count). The van der Waals surface area contributed by atoms with Crippen molar-refractivity contribution in [2.45, 2.75) is 51.6 Å². The van der Waals surface area contributed by atoms with E-state index in [9.17, 15) is 0 Å². The molecule has 0 radical (unpaired) electrons. The Morgan fingerprint density at radius 2 is 2.04 bits per heavy atom. The van der Waals surface area contributed by atoms with Gasteiger partial charge in [0, 0.05) is 18.7 Å². The van der Waals surface area contributed by atoms with E-state index in [0.717, 1.165) is 36.7 Å². The molecule has 120 valence electrons. The van der Waals surface area contributed by atoms with Crippen molar-refractivity contribution in [2.24, 2.45) is 10.7 Å². The van der Waals surface area contributed by atoms with Crippen LogP contribution in [-0.2, 0) is 32.4 Å². The molecule has 2 heterocycles. The van der Waals surface area contributed by atoms with Gasteiger partial charge in [0.05, 0.1) is 0 Å². The van der Waals surface area contributed by atoms with E-state index < -0.39 is 0 Å². The summed E-state index contributed by atoms with van der Waals surface area (Å²) in [5.41, 5.74) is 9.92. The third kappa shape index (κ3) is 2.93. The highest BCUT2D eigenvalue weighted by Crippen LogP contribution is 2.24. The van der Waals surface area contributed by atoms with Crippen molar-refractivity contribution in [3.05, 3.63) is 41.0 Å². The number of benzene rings is 1. The first-order valence-electron chi connectivity index (χ1n) is 8.39. The Bertz CT molecular complexity index is 746. The third-order valence-corrected chi connectivity index (χ3v) is 4.70. The van der Waals surface area contributed by atoms with Gasteiger partial charge < -0.3 is 15.6 Å². The van der Waals surface area contributed by atoms with Crippen molar-refractivity contribution in [1.82, 2.24) is 14.8 Å². The molecule has 0 amide bonds. The van der Waals surface area contributed by atoms with Gasteiger partial charge in [0.2, 0.25) is 0 Å². The number of hydrogen-bond donors (Lipinski definition) is 2. The Morgan fingerprint density at radius 1 is 1.13 bits per heavy atom. The molecule has 0 unspecified atom stereocenters. The molecule has 0 atom stereocenters. The minimum atomic E-state index is 0.427. The summed E-state index contributed by atoms with van der Waals surface area (Å²) in [6.45, 7) is 1.46. The molecule has 0 saturated heterocycles. The van der Waals surface area contributed by atoms with Crippen LogP contribution < -0.4 is 11.1 Å². The van der Waals surface area contributed by atoms with Crippen LogP contribution in [0.5, 0.6) is 0 Å². The smallest absolute Gasteiger partial charge is 0.193 e. The number of fused-ring (bicyclic) bond motifs is 2. The molecular weight excluding hydrogens is 288 g/mol. The van der Waals surface area contributed by atoms with Gasteiger partial charge in [-0.3, -0.25) is 0 Å². The van der Waals surface area contributed by atoms with Crippen LogP contribution in [0.4, 0.5) is 5.69 Å². The normalized spacial score (nSPS) is 17.0. The van der Waals surface area contributed by atoms with Crippen LogP contribution in [-0.4, -0.2) is 20.7 Å². The molecule has 2 aliphatic rings. The number of aromatic nitrogens is 3. The fourth-order valence-electron chi connectivity index (χ4n) is 3.48. The number of aryl methyl sites for hydroxylation is 3. The molecule has 1 aliphatic heterocycles. The van der Waals surface area contributed by atoms with E-state index in [4.69, 9.17) is 5.73 Å². The molecule has 0 saturated carbocycles.